The van der Waals surface area contributed by atoms with E-state index >= 15 is 0 Å². The molecule has 4 rings (SSSR count). The van der Waals surface area contributed by atoms with Gasteiger partial charge in [0.1, 0.15) is 0 Å². The molecular weight excluding hydrogens is 398 g/mol. The molecule has 2 aliphatic rings. The second kappa shape index (κ2) is 9.52. The summed E-state index contributed by atoms with van der Waals surface area (Å²) >= 11 is 1.34. The zero-order valence-corrected chi connectivity index (χ0v) is 18.6. The molecular formula is C23H31N3O3S. The van der Waals surface area contributed by atoms with E-state index in [1.165, 1.54) is 18.2 Å². The third kappa shape index (κ3) is 4.72. The lowest BCUT2D eigenvalue weighted by Gasteiger charge is -2.34. The lowest BCUT2D eigenvalue weighted by Crippen LogP contribution is -2.44. The van der Waals surface area contributed by atoms with E-state index in [2.05, 4.69) is 19.2 Å². The molecule has 0 radical (unpaired) electrons. The summed E-state index contributed by atoms with van der Waals surface area (Å²) in [5, 5.41) is 4.41. The average Bonchev–Trinajstić information content (AvgIpc) is 3.25. The maximum Gasteiger partial charge on any atom is 0.262 e. The van der Waals surface area contributed by atoms with Gasteiger partial charge in [0.05, 0.1) is 29.3 Å². The van der Waals surface area contributed by atoms with Crippen LogP contribution in [0.3, 0.4) is 0 Å². The zero-order valence-electron chi connectivity index (χ0n) is 17.8. The third-order valence-corrected chi connectivity index (χ3v) is 7.60. The van der Waals surface area contributed by atoms with Crippen LogP contribution in [0.25, 0.3) is 10.9 Å². The van der Waals surface area contributed by atoms with Gasteiger partial charge in [0, 0.05) is 12.6 Å². The molecule has 1 saturated heterocycles. The molecule has 4 atom stereocenters. The van der Waals surface area contributed by atoms with E-state index in [1.807, 2.05) is 24.3 Å². The monoisotopic (exact) mass is 429 g/mol. The van der Waals surface area contributed by atoms with Gasteiger partial charge >= 0.3 is 0 Å². The molecule has 2 heterocycles. The molecule has 1 saturated carbocycles. The van der Waals surface area contributed by atoms with Gasteiger partial charge in [0.25, 0.3) is 5.56 Å². The molecule has 162 valence electrons. The molecule has 0 bridgehead atoms. The van der Waals surface area contributed by atoms with Gasteiger partial charge in [-0.3, -0.25) is 14.2 Å². The predicted octanol–water partition coefficient (Wildman–Crippen LogP) is 3.61. The van der Waals surface area contributed by atoms with E-state index in [-0.39, 0.29) is 29.4 Å². The average molecular weight is 430 g/mol. The first-order valence-electron chi connectivity index (χ1n) is 11.1. The Morgan fingerprint density at radius 2 is 2.07 bits per heavy atom. The van der Waals surface area contributed by atoms with E-state index in [0.717, 1.165) is 32.3 Å². The molecule has 6 nitrogen and oxygen atoms in total. The van der Waals surface area contributed by atoms with Gasteiger partial charge in [0.15, 0.2) is 5.16 Å². The van der Waals surface area contributed by atoms with Gasteiger partial charge in [-0.05, 0) is 43.2 Å². The summed E-state index contributed by atoms with van der Waals surface area (Å²) in [6.07, 6.45) is 5.43. The second-order valence-corrected chi connectivity index (χ2v) is 9.63. The van der Waals surface area contributed by atoms with Crippen LogP contribution in [0.4, 0.5) is 0 Å². The number of carbonyl (C=O) groups is 1. The van der Waals surface area contributed by atoms with Crippen LogP contribution in [0.1, 0.15) is 46.0 Å². The fourth-order valence-corrected chi connectivity index (χ4v) is 5.39. The number of benzene rings is 1. The molecule has 1 aliphatic heterocycles. The summed E-state index contributed by atoms with van der Waals surface area (Å²) in [4.78, 5) is 30.5. The van der Waals surface area contributed by atoms with Crippen LogP contribution in [0.15, 0.2) is 34.2 Å². The normalized spacial score (nSPS) is 26.7. The SMILES string of the molecule is C[C@@H]1[C@H](C)CCC[C@H]1NC(=O)CSc1nc2ccccc2c(=O)n1C[C@@H]1CCCO1. The molecule has 1 aromatic carbocycles. The fourth-order valence-electron chi connectivity index (χ4n) is 4.58. The summed E-state index contributed by atoms with van der Waals surface area (Å²) in [7, 11) is 0. The molecule has 1 N–H and O–H groups in total. The zero-order chi connectivity index (χ0) is 21.1. The standard InChI is InChI=1S/C23H31N3O3S/c1-15-7-5-11-19(16(15)2)24-21(27)14-30-23-25-20-10-4-3-9-18(20)22(28)26(23)13-17-8-6-12-29-17/h3-4,9-10,15-17,19H,5-8,11-14H2,1-2H3,(H,24,27)/t15-,16-,17+,19-/m1/s1. The Kier molecular flexibility index (Phi) is 6.78. The highest BCUT2D eigenvalue weighted by molar-refractivity contribution is 7.99. The summed E-state index contributed by atoms with van der Waals surface area (Å²) in [6.45, 7) is 5.72. The van der Waals surface area contributed by atoms with Gasteiger partial charge in [0.2, 0.25) is 5.91 Å². The Bertz CT molecular complexity index is 954. The smallest absolute Gasteiger partial charge is 0.262 e. The van der Waals surface area contributed by atoms with Crippen molar-refractivity contribution < 1.29 is 9.53 Å². The highest BCUT2D eigenvalue weighted by Crippen LogP contribution is 2.29. The summed E-state index contributed by atoms with van der Waals surface area (Å²) in [6, 6.07) is 7.63. The number of hydrogen-bond acceptors (Lipinski definition) is 5. The summed E-state index contributed by atoms with van der Waals surface area (Å²) in [5.74, 6) is 1.39. The van der Waals surface area contributed by atoms with E-state index in [9.17, 15) is 9.59 Å². The minimum atomic E-state index is -0.0614. The first-order valence-corrected chi connectivity index (χ1v) is 12.0. The van der Waals surface area contributed by atoms with Crippen molar-refractivity contribution in [2.75, 3.05) is 12.4 Å². The molecule has 2 fully saturated rings. The number of hydrogen-bond donors (Lipinski definition) is 1. The molecule has 1 aliphatic carbocycles. The van der Waals surface area contributed by atoms with E-state index in [0.29, 0.717) is 34.4 Å². The quantitative estimate of drug-likeness (QED) is 0.561. The van der Waals surface area contributed by atoms with Crippen molar-refractivity contribution in [1.29, 1.82) is 0 Å². The van der Waals surface area contributed by atoms with Crippen molar-refractivity contribution in [3.05, 3.63) is 34.6 Å². The molecule has 1 amide bonds. The maximum absolute atomic E-state index is 13.1. The van der Waals surface area contributed by atoms with Crippen LogP contribution in [-0.2, 0) is 16.1 Å². The lowest BCUT2D eigenvalue weighted by molar-refractivity contribution is -0.120. The number of thioether (sulfide) groups is 1. The van der Waals surface area contributed by atoms with Crippen molar-refractivity contribution in [2.45, 2.75) is 69.8 Å². The number of amides is 1. The lowest BCUT2D eigenvalue weighted by atomic mass is 9.78. The van der Waals surface area contributed by atoms with Crippen LogP contribution in [0.2, 0.25) is 0 Å². The Labute approximate surface area is 181 Å². The third-order valence-electron chi connectivity index (χ3n) is 6.62. The topological polar surface area (TPSA) is 73.2 Å². The number of aromatic nitrogens is 2. The van der Waals surface area contributed by atoms with E-state index in [1.54, 1.807) is 4.57 Å². The number of rotatable bonds is 6. The fraction of sp³-hybridized carbons (Fsp3) is 0.609. The largest absolute Gasteiger partial charge is 0.376 e. The Hall–Kier alpha value is -1.86. The highest BCUT2D eigenvalue weighted by atomic mass is 32.2. The Morgan fingerprint density at radius 3 is 2.87 bits per heavy atom. The Balaban J connectivity index is 1.50. The maximum atomic E-state index is 13.1. The van der Waals surface area contributed by atoms with Crippen molar-refractivity contribution in [2.24, 2.45) is 11.8 Å². The van der Waals surface area contributed by atoms with Gasteiger partial charge in [-0.15, -0.1) is 0 Å². The first-order chi connectivity index (χ1) is 14.5. The molecule has 7 heteroatoms. The molecule has 2 aromatic rings. The van der Waals surface area contributed by atoms with Crippen LogP contribution in [0.5, 0.6) is 0 Å². The molecule has 0 unspecified atom stereocenters. The predicted molar refractivity (Wildman–Crippen MR) is 120 cm³/mol. The summed E-state index contributed by atoms with van der Waals surface area (Å²) < 4.78 is 7.45. The van der Waals surface area contributed by atoms with Crippen LogP contribution in [0, 0.1) is 11.8 Å². The second-order valence-electron chi connectivity index (χ2n) is 8.69. The van der Waals surface area contributed by atoms with Gasteiger partial charge < -0.3 is 10.1 Å². The van der Waals surface area contributed by atoms with Crippen molar-refractivity contribution in [3.63, 3.8) is 0 Å². The number of nitrogens with zero attached hydrogens (tertiary/aromatic N) is 2. The molecule has 1 aromatic heterocycles. The van der Waals surface area contributed by atoms with E-state index < -0.39 is 0 Å². The van der Waals surface area contributed by atoms with Gasteiger partial charge in [-0.2, -0.15) is 0 Å². The van der Waals surface area contributed by atoms with Crippen molar-refractivity contribution >= 4 is 28.6 Å². The number of ether oxygens (including phenoxy) is 1. The summed E-state index contributed by atoms with van der Waals surface area (Å²) in [5.41, 5.74) is 0.609. The minimum Gasteiger partial charge on any atom is -0.376 e. The Morgan fingerprint density at radius 1 is 1.23 bits per heavy atom. The van der Waals surface area contributed by atoms with Crippen molar-refractivity contribution in [1.82, 2.24) is 14.9 Å². The molecule has 30 heavy (non-hydrogen) atoms. The molecule has 0 spiro atoms. The van der Waals surface area contributed by atoms with E-state index in [4.69, 9.17) is 9.72 Å². The first kappa shape index (κ1) is 21.4. The van der Waals surface area contributed by atoms with Crippen molar-refractivity contribution in [3.8, 4) is 0 Å². The number of para-hydroxylation sites is 1. The van der Waals surface area contributed by atoms with Crippen LogP contribution < -0.4 is 10.9 Å². The minimum absolute atomic E-state index is 0.0111. The van der Waals surface area contributed by atoms with Crippen LogP contribution >= 0.6 is 11.8 Å². The van der Waals surface area contributed by atoms with Gasteiger partial charge in [-0.1, -0.05) is 50.6 Å². The highest BCUT2D eigenvalue weighted by Gasteiger charge is 2.28. The van der Waals surface area contributed by atoms with Crippen LogP contribution in [-0.4, -0.2) is 40.0 Å². The number of nitrogens with one attached hydrogen (secondary N) is 1. The van der Waals surface area contributed by atoms with Gasteiger partial charge in [-0.25, -0.2) is 4.98 Å². The number of carbonyl (C=O) groups excluding carboxylic acids is 1. The number of fused-ring (bicyclic) bond motifs is 1.